The zero-order valence-electron chi connectivity index (χ0n) is 10.0. The monoisotopic (exact) mass is 353 g/mol. The SMILES string of the molecule is CCCNC(=NC)NCc1ccc(C)s1.I. The van der Waals surface area contributed by atoms with Crippen molar-refractivity contribution in [2.45, 2.75) is 26.8 Å². The second kappa shape index (κ2) is 8.81. The molecule has 1 rings (SSSR count). The highest BCUT2D eigenvalue weighted by molar-refractivity contribution is 14.0. The Balaban J connectivity index is 0.00000225. The van der Waals surface area contributed by atoms with Gasteiger partial charge in [0.1, 0.15) is 0 Å². The average molecular weight is 353 g/mol. The van der Waals surface area contributed by atoms with Crippen molar-refractivity contribution < 1.29 is 0 Å². The molecule has 0 saturated carbocycles. The molecule has 3 nitrogen and oxygen atoms in total. The van der Waals surface area contributed by atoms with Crippen LogP contribution in [0.25, 0.3) is 0 Å². The molecular weight excluding hydrogens is 333 g/mol. The van der Waals surface area contributed by atoms with Gasteiger partial charge in [-0.3, -0.25) is 4.99 Å². The van der Waals surface area contributed by atoms with Crippen LogP contribution < -0.4 is 10.6 Å². The van der Waals surface area contributed by atoms with E-state index in [9.17, 15) is 0 Å². The Morgan fingerprint density at radius 1 is 1.38 bits per heavy atom. The van der Waals surface area contributed by atoms with E-state index in [-0.39, 0.29) is 24.0 Å². The molecule has 5 heteroatoms. The Hall–Kier alpha value is -0.300. The quantitative estimate of drug-likeness (QED) is 0.496. The fourth-order valence-electron chi connectivity index (χ4n) is 1.21. The first kappa shape index (κ1) is 15.7. The third kappa shape index (κ3) is 5.69. The molecular formula is C11H20IN3S. The van der Waals surface area contributed by atoms with E-state index in [1.807, 2.05) is 11.3 Å². The van der Waals surface area contributed by atoms with Crippen molar-refractivity contribution in [1.82, 2.24) is 10.6 Å². The second-order valence-electron chi connectivity index (χ2n) is 3.36. The second-order valence-corrected chi connectivity index (χ2v) is 4.74. The number of thiophene rings is 1. The van der Waals surface area contributed by atoms with Gasteiger partial charge in [-0.25, -0.2) is 0 Å². The molecule has 0 aromatic carbocycles. The summed E-state index contributed by atoms with van der Waals surface area (Å²) in [7, 11) is 1.80. The maximum Gasteiger partial charge on any atom is 0.191 e. The maximum atomic E-state index is 4.15. The molecule has 1 heterocycles. The van der Waals surface area contributed by atoms with Crippen molar-refractivity contribution in [1.29, 1.82) is 0 Å². The fraction of sp³-hybridized carbons (Fsp3) is 0.545. The Morgan fingerprint density at radius 3 is 2.62 bits per heavy atom. The summed E-state index contributed by atoms with van der Waals surface area (Å²) >= 11 is 1.82. The normalized spacial score (nSPS) is 10.8. The van der Waals surface area contributed by atoms with Crippen molar-refractivity contribution in [3.63, 3.8) is 0 Å². The molecule has 92 valence electrons. The van der Waals surface area contributed by atoms with E-state index in [4.69, 9.17) is 0 Å². The summed E-state index contributed by atoms with van der Waals surface area (Å²) in [5.74, 6) is 0.878. The van der Waals surface area contributed by atoms with Gasteiger partial charge in [0, 0.05) is 23.3 Å². The summed E-state index contributed by atoms with van der Waals surface area (Å²) < 4.78 is 0. The number of aryl methyl sites for hydroxylation is 1. The zero-order valence-corrected chi connectivity index (χ0v) is 13.2. The van der Waals surface area contributed by atoms with Gasteiger partial charge in [-0.1, -0.05) is 6.92 Å². The van der Waals surface area contributed by atoms with Crippen LogP contribution in [0.4, 0.5) is 0 Å². The molecule has 16 heavy (non-hydrogen) atoms. The lowest BCUT2D eigenvalue weighted by Crippen LogP contribution is -2.36. The Bertz CT molecular complexity index is 323. The maximum absolute atomic E-state index is 4.15. The van der Waals surface area contributed by atoms with Crippen LogP contribution in [-0.2, 0) is 6.54 Å². The number of halogens is 1. The highest BCUT2D eigenvalue weighted by Crippen LogP contribution is 2.14. The van der Waals surface area contributed by atoms with Crippen LogP contribution >= 0.6 is 35.3 Å². The third-order valence-corrected chi connectivity index (χ3v) is 2.99. The van der Waals surface area contributed by atoms with Crippen LogP contribution in [0.1, 0.15) is 23.1 Å². The van der Waals surface area contributed by atoms with Gasteiger partial charge in [0.15, 0.2) is 5.96 Å². The predicted molar refractivity (Wildman–Crippen MR) is 83.0 cm³/mol. The molecule has 0 atom stereocenters. The molecule has 0 amide bonds. The number of nitrogens with one attached hydrogen (secondary N) is 2. The summed E-state index contributed by atoms with van der Waals surface area (Å²) in [6.07, 6.45) is 1.11. The van der Waals surface area contributed by atoms with Crippen LogP contribution in [-0.4, -0.2) is 19.6 Å². The van der Waals surface area contributed by atoms with Crippen molar-refractivity contribution in [3.05, 3.63) is 21.9 Å². The van der Waals surface area contributed by atoms with Crippen molar-refractivity contribution in [2.24, 2.45) is 4.99 Å². The molecule has 0 aliphatic carbocycles. The van der Waals surface area contributed by atoms with Crippen LogP contribution in [0.15, 0.2) is 17.1 Å². The topological polar surface area (TPSA) is 36.4 Å². The van der Waals surface area contributed by atoms with Gasteiger partial charge in [0.05, 0.1) is 6.54 Å². The van der Waals surface area contributed by atoms with Gasteiger partial charge in [0.25, 0.3) is 0 Å². The number of rotatable bonds is 4. The van der Waals surface area contributed by atoms with Gasteiger partial charge in [-0.2, -0.15) is 0 Å². The summed E-state index contributed by atoms with van der Waals surface area (Å²) in [5, 5.41) is 6.52. The first-order valence-electron chi connectivity index (χ1n) is 5.26. The lowest BCUT2D eigenvalue weighted by molar-refractivity contribution is 0.785. The minimum atomic E-state index is 0. The average Bonchev–Trinajstić information content (AvgIpc) is 2.65. The molecule has 1 aromatic rings. The van der Waals surface area contributed by atoms with E-state index >= 15 is 0 Å². The van der Waals surface area contributed by atoms with Gasteiger partial charge in [0.2, 0.25) is 0 Å². The van der Waals surface area contributed by atoms with Crippen LogP contribution in [0.2, 0.25) is 0 Å². The molecule has 0 unspecified atom stereocenters. The number of nitrogens with zero attached hydrogens (tertiary/aromatic N) is 1. The van der Waals surface area contributed by atoms with E-state index in [0.717, 1.165) is 25.5 Å². The lowest BCUT2D eigenvalue weighted by atomic mass is 10.4. The summed E-state index contributed by atoms with van der Waals surface area (Å²) in [5.41, 5.74) is 0. The molecule has 1 aromatic heterocycles. The highest BCUT2D eigenvalue weighted by atomic mass is 127. The van der Waals surface area contributed by atoms with Crippen molar-refractivity contribution in [2.75, 3.05) is 13.6 Å². The van der Waals surface area contributed by atoms with E-state index in [0.29, 0.717) is 0 Å². The van der Waals surface area contributed by atoms with Crippen molar-refractivity contribution in [3.8, 4) is 0 Å². The molecule has 0 aliphatic rings. The minimum absolute atomic E-state index is 0. The number of aliphatic imine (C=N–C) groups is 1. The minimum Gasteiger partial charge on any atom is -0.356 e. The van der Waals surface area contributed by atoms with Gasteiger partial charge >= 0.3 is 0 Å². The van der Waals surface area contributed by atoms with E-state index < -0.39 is 0 Å². The highest BCUT2D eigenvalue weighted by Gasteiger charge is 1.98. The molecule has 0 aliphatic heterocycles. The van der Waals surface area contributed by atoms with Crippen LogP contribution in [0.3, 0.4) is 0 Å². The molecule has 0 bridgehead atoms. The van der Waals surface area contributed by atoms with Gasteiger partial charge in [-0.05, 0) is 25.5 Å². The van der Waals surface area contributed by atoms with E-state index in [1.165, 1.54) is 9.75 Å². The standard InChI is InChI=1S/C11H19N3S.HI/c1-4-7-13-11(12-3)14-8-10-6-5-9(2)15-10;/h5-6H,4,7-8H2,1-3H3,(H2,12,13,14);1H. The largest absolute Gasteiger partial charge is 0.356 e. The van der Waals surface area contributed by atoms with Gasteiger partial charge < -0.3 is 10.6 Å². The van der Waals surface area contributed by atoms with Crippen LogP contribution in [0.5, 0.6) is 0 Å². The molecule has 0 saturated heterocycles. The van der Waals surface area contributed by atoms with Crippen LogP contribution in [0, 0.1) is 6.92 Å². The fourth-order valence-corrected chi connectivity index (χ4v) is 2.05. The lowest BCUT2D eigenvalue weighted by Gasteiger charge is -2.09. The van der Waals surface area contributed by atoms with Gasteiger partial charge in [-0.15, -0.1) is 35.3 Å². The third-order valence-electron chi connectivity index (χ3n) is 1.99. The molecule has 0 radical (unpaired) electrons. The first-order chi connectivity index (χ1) is 7.26. The first-order valence-corrected chi connectivity index (χ1v) is 6.07. The molecule has 0 fully saturated rings. The summed E-state index contributed by atoms with van der Waals surface area (Å²) in [6, 6.07) is 4.30. The molecule has 2 N–H and O–H groups in total. The Labute approximate surface area is 119 Å². The predicted octanol–water partition coefficient (Wildman–Crippen LogP) is 2.75. The number of hydrogen-bond acceptors (Lipinski definition) is 2. The summed E-state index contributed by atoms with van der Waals surface area (Å²) in [6.45, 7) is 6.08. The Kier molecular flexibility index (Phi) is 8.64. The Morgan fingerprint density at radius 2 is 2.12 bits per heavy atom. The smallest absolute Gasteiger partial charge is 0.191 e. The van der Waals surface area contributed by atoms with E-state index in [1.54, 1.807) is 7.05 Å². The number of guanidine groups is 1. The molecule has 0 spiro atoms. The number of hydrogen-bond donors (Lipinski definition) is 2. The van der Waals surface area contributed by atoms with E-state index in [2.05, 4.69) is 41.6 Å². The van der Waals surface area contributed by atoms with Crippen molar-refractivity contribution >= 4 is 41.3 Å². The summed E-state index contributed by atoms with van der Waals surface area (Å²) in [4.78, 5) is 6.84. The zero-order chi connectivity index (χ0) is 11.1.